The highest BCUT2D eigenvalue weighted by atomic mass is 16.1. The lowest BCUT2D eigenvalue weighted by atomic mass is 10.1. The highest BCUT2D eigenvalue weighted by molar-refractivity contribution is 6.06. The van der Waals surface area contributed by atoms with Crippen LogP contribution in [0.5, 0.6) is 0 Å². The minimum Gasteiger partial charge on any atom is -0.350 e. The van der Waals surface area contributed by atoms with E-state index >= 15 is 0 Å². The van der Waals surface area contributed by atoms with Gasteiger partial charge in [-0.1, -0.05) is 32.0 Å². The maximum absolute atomic E-state index is 11.3. The molecule has 0 radical (unpaired) electrons. The van der Waals surface area contributed by atoms with Crippen LogP contribution in [0.2, 0.25) is 0 Å². The predicted molar refractivity (Wildman–Crippen MR) is 64.3 cm³/mol. The van der Waals surface area contributed by atoms with E-state index in [1.54, 1.807) is 6.92 Å². The topological polar surface area (TPSA) is 22.0 Å². The number of fused-ring (bicyclic) bond motifs is 1. The van der Waals surface area contributed by atoms with Gasteiger partial charge in [-0.25, -0.2) is 0 Å². The van der Waals surface area contributed by atoms with Crippen molar-refractivity contribution < 1.29 is 4.79 Å². The molecule has 2 nitrogen and oxygen atoms in total. The van der Waals surface area contributed by atoms with Crippen LogP contribution in [-0.2, 0) is 7.05 Å². The van der Waals surface area contributed by atoms with Gasteiger partial charge in [-0.05, 0) is 13.0 Å². The largest absolute Gasteiger partial charge is 0.350 e. The summed E-state index contributed by atoms with van der Waals surface area (Å²) in [5, 5.41) is 1.04. The summed E-state index contributed by atoms with van der Waals surface area (Å²) in [4.78, 5) is 11.3. The minimum absolute atomic E-state index is 0.122. The first-order valence-electron chi connectivity index (χ1n) is 5.25. The number of para-hydroxylation sites is 1. The van der Waals surface area contributed by atoms with Gasteiger partial charge in [-0.3, -0.25) is 4.79 Å². The summed E-state index contributed by atoms with van der Waals surface area (Å²) in [6, 6.07) is 7.93. The minimum atomic E-state index is 0.122. The molecule has 2 rings (SSSR count). The quantitative estimate of drug-likeness (QED) is 0.651. The lowest BCUT2D eigenvalue weighted by molar-refractivity contribution is 0.101. The molecule has 0 atom stereocenters. The van der Waals surface area contributed by atoms with E-state index < -0.39 is 0 Å². The first-order chi connectivity index (χ1) is 7.20. The summed E-state index contributed by atoms with van der Waals surface area (Å²) < 4.78 is 1.98. The molecule has 0 saturated carbocycles. The molecule has 0 aliphatic rings. The maximum atomic E-state index is 11.3. The second-order valence-corrected chi connectivity index (χ2v) is 3.23. The van der Waals surface area contributed by atoms with Gasteiger partial charge >= 0.3 is 0 Å². The molecule has 0 bridgehead atoms. The second-order valence-electron chi connectivity index (χ2n) is 3.23. The lowest BCUT2D eigenvalue weighted by Gasteiger charge is -1.93. The van der Waals surface area contributed by atoms with E-state index in [-0.39, 0.29) is 5.78 Å². The van der Waals surface area contributed by atoms with Gasteiger partial charge in [0.25, 0.3) is 0 Å². The number of aryl methyl sites for hydroxylation is 1. The van der Waals surface area contributed by atoms with Crippen LogP contribution >= 0.6 is 0 Å². The summed E-state index contributed by atoms with van der Waals surface area (Å²) >= 11 is 0. The van der Waals surface area contributed by atoms with Gasteiger partial charge in [0.05, 0.1) is 0 Å². The summed E-state index contributed by atoms with van der Waals surface area (Å²) in [6.07, 6.45) is 1.88. The molecule has 0 aliphatic heterocycles. The molecular weight excluding hydrogens is 186 g/mol. The number of aromatic nitrogens is 1. The van der Waals surface area contributed by atoms with Gasteiger partial charge in [-0.2, -0.15) is 0 Å². The maximum Gasteiger partial charge on any atom is 0.161 e. The van der Waals surface area contributed by atoms with E-state index in [2.05, 4.69) is 0 Å². The highest BCUT2D eigenvalue weighted by Gasteiger charge is 2.08. The molecular formula is C13H17NO. The number of benzene rings is 1. The van der Waals surface area contributed by atoms with Crippen LogP contribution in [0, 0.1) is 0 Å². The first kappa shape index (κ1) is 11.5. The van der Waals surface area contributed by atoms with E-state index in [0.29, 0.717) is 0 Å². The van der Waals surface area contributed by atoms with Crippen molar-refractivity contribution in [2.24, 2.45) is 7.05 Å². The molecule has 2 heteroatoms. The van der Waals surface area contributed by atoms with E-state index in [9.17, 15) is 4.79 Å². The molecule has 0 spiro atoms. The molecule has 0 amide bonds. The Kier molecular flexibility index (Phi) is 3.67. The molecule has 1 heterocycles. The van der Waals surface area contributed by atoms with Crippen LogP contribution in [0.4, 0.5) is 0 Å². The Hall–Kier alpha value is -1.57. The SMILES string of the molecule is CC.CC(=O)c1cn(C)c2ccccc12. The Morgan fingerprint density at radius 1 is 1.20 bits per heavy atom. The summed E-state index contributed by atoms with van der Waals surface area (Å²) in [7, 11) is 1.95. The van der Waals surface area contributed by atoms with Crippen LogP contribution in [-0.4, -0.2) is 10.4 Å². The molecule has 15 heavy (non-hydrogen) atoms. The fourth-order valence-corrected chi connectivity index (χ4v) is 1.62. The third-order valence-corrected chi connectivity index (χ3v) is 2.28. The van der Waals surface area contributed by atoms with Crippen molar-refractivity contribution >= 4 is 16.7 Å². The number of hydrogen-bond donors (Lipinski definition) is 0. The van der Waals surface area contributed by atoms with Crippen molar-refractivity contribution in [2.45, 2.75) is 20.8 Å². The monoisotopic (exact) mass is 203 g/mol. The zero-order valence-electron chi connectivity index (χ0n) is 9.74. The molecule has 0 fully saturated rings. The van der Waals surface area contributed by atoms with E-state index in [1.165, 1.54) is 0 Å². The molecule has 0 aliphatic carbocycles. The average molecular weight is 203 g/mol. The van der Waals surface area contributed by atoms with Crippen molar-refractivity contribution in [3.63, 3.8) is 0 Å². The number of ketones is 1. The van der Waals surface area contributed by atoms with Crippen molar-refractivity contribution in [3.8, 4) is 0 Å². The zero-order valence-corrected chi connectivity index (χ0v) is 9.74. The smallest absolute Gasteiger partial charge is 0.161 e. The van der Waals surface area contributed by atoms with E-state index in [0.717, 1.165) is 16.5 Å². The van der Waals surface area contributed by atoms with Gasteiger partial charge in [0.2, 0.25) is 0 Å². The Labute approximate surface area is 90.5 Å². The van der Waals surface area contributed by atoms with Gasteiger partial charge in [-0.15, -0.1) is 0 Å². The van der Waals surface area contributed by atoms with Crippen molar-refractivity contribution in [2.75, 3.05) is 0 Å². The first-order valence-corrected chi connectivity index (χ1v) is 5.25. The summed E-state index contributed by atoms with van der Waals surface area (Å²) in [6.45, 7) is 5.60. The Balaban J connectivity index is 0.000000531. The number of Topliss-reactive ketones (excluding diaryl/α,β-unsaturated/α-hetero) is 1. The Morgan fingerprint density at radius 3 is 2.40 bits per heavy atom. The van der Waals surface area contributed by atoms with Gasteiger partial charge in [0.15, 0.2) is 5.78 Å². The fourth-order valence-electron chi connectivity index (χ4n) is 1.62. The number of nitrogens with zero attached hydrogens (tertiary/aromatic N) is 1. The number of hydrogen-bond acceptors (Lipinski definition) is 1. The summed E-state index contributed by atoms with van der Waals surface area (Å²) in [5.74, 6) is 0.122. The molecule has 1 aromatic heterocycles. The molecule has 1 aromatic carbocycles. The number of carbonyl (C=O) groups is 1. The number of carbonyl (C=O) groups excluding carboxylic acids is 1. The highest BCUT2D eigenvalue weighted by Crippen LogP contribution is 2.20. The molecule has 2 aromatic rings. The predicted octanol–water partition coefficient (Wildman–Crippen LogP) is 3.41. The molecule has 0 N–H and O–H groups in total. The fraction of sp³-hybridized carbons (Fsp3) is 0.308. The van der Waals surface area contributed by atoms with Crippen molar-refractivity contribution in [3.05, 3.63) is 36.0 Å². The Morgan fingerprint density at radius 2 is 1.80 bits per heavy atom. The van der Waals surface area contributed by atoms with Gasteiger partial charge < -0.3 is 4.57 Å². The number of rotatable bonds is 1. The Bertz CT molecular complexity index is 468. The second kappa shape index (κ2) is 4.78. The van der Waals surface area contributed by atoms with E-state index in [4.69, 9.17) is 0 Å². The third-order valence-electron chi connectivity index (χ3n) is 2.28. The normalized spacial score (nSPS) is 9.60. The van der Waals surface area contributed by atoms with Crippen LogP contribution in [0.3, 0.4) is 0 Å². The molecule has 80 valence electrons. The van der Waals surface area contributed by atoms with Crippen molar-refractivity contribution in [1.29, 1.82) is 0 Å². The van der Waals surface area contributed by atoms with Gasteiger partial charge in [0, 0.05) is 29.7 Å². The van der Waals surface area contributed by atoms with Crippen LogP contribution in [0.1, 0.15) is 31.1 Å². The lowest BCUT2D eigenvalue weighted by Crippen LogP contribution is -1.88. The zero-order chi connectivity index (χ0) is 11.4. The van der Waals surface area contributed by atoms with Crippen LogP contribution in [0.15, 0.2) is 30.5 Å². The standard InChI is InChI=1S/C11H11NO.C2H6/c1-8(13)10-7-12(2)11-6-4-3-5-9(10)11;1-2/h3-7H,1-2H3;1-2H3. The average Bonchev–Trinajstić information content (AvgIpc) is 2.60. The third kappa shape index (κ3) is 2.09. The molecule has 0 unspecified atom stereocenters. The van der Waals surface area contributed by atoms with Crippen LogP contribution in [0.25, 0.3) is 10.9 Å². The van der Waals surface area contributed by atoms with Gasteiger partial charge in [0.1, 0.15) is 0 Å². The molecule has 0 saturated heterocycles. The summed E-state index contributed by atoms with van der Waals surface area (Å²) in [5.41, 5.74) is 1.91. The van der Waals surface area contributed by atoms with E-state index in [1.807, 2.05) is 55.9 Å². The van der Waals surface area contributed by atoms with Crippen LogP contribution < -0.4 is 0 Å². The van der Waals surface area contributed by atoms with Crippen molar-refractivity contribution in [1.82, 2.24) is 4.57 Å².